The third kappa shape index (κ3) is 4.44. The third-order valence-electron chi connectivity index (χ3n) is 7.52. The van der Waals surface area contributed by atoms with Gasteiger partial charge in [-0.25, -0.2) is 4.98 Å². The van der Waals surface area contributed by atoms with E-state index in [1.54, 1.807) is 0 Å². The van der Waals surface area contributed by atoms with Crippen LogP contribution < -0.4 is 15.1 Å². The number of nitrogens with zero attached hydrogens (tertiary/aromatic N) is 5. The van der Waals surface area contributed by atoms with Crippen LogP contribution in [-0.4, -0.2) is 46.0 Å². The Balaban J connectivity index is 1.43. The summed E-state index contributed by atoms with van der Waals surface area (Å²) >= 11 is 5.97. The van der Waals surface area contributed by atoms with E-state index in [2.05, 4.69) is 87.9 Å². The molecule has 8 heteroatoms. The van der Waals surface area contributed by atoms with E-state index >= 15 is 0 Å². The molecular weight excluding hydrogens is 492 g/mol. The fourth-order valence-corrected chi connectivity index (χ4v) is 6.02. The SMILES string of the molecule is Cc1ccnc(-n2c(C)cc(C3C(c4ccccn4)NC(=S)N3c3ccc(N4CCOCC4)cc3)c2C)c1. The zero-order valence-electron chi connectivity index (χ0n) is 22.0. The Morgan fingerprint density at radius 1 is 0.895 bits per heavy atom. The molecule has 0 aliphatic carbocycles. The number of benzene rings is 1. The smallest absolute Gasteiger partial charge is 0.174 e. The van der Waals surface area contributed by atoms with Crippen molar-refractivity contribution in [3.63, 3.8) is 0 Å². The minimum atomic E-state index is -0.0953. The maximum absolute atomic E-state index is 5.97. The first-order valence-corrected chi connectivity index (χ1v) is 13.5. The van der Waals surface area contributed by atoms with Gasteiger partial charge in [0, 0.05) is 48.2 Å². The van der Waals surface area contributed by atoms with Gasteiger partial charge in [-0.1, -0.05) is 6.07 Å². The maximum atomic E-state index is 5.97. The summed E-state index contributed by atoms with van der Waals surface area (Å²) in [5.41, 5.74) is 7.89. The average molecular weight is 525 g/mol. The van der Waals surface area contributed by atoms with Gasteiger partial charge >= 0.3 is 0 Å². The Kier molecular flexibility index (Phi) is 6.59. The fraction of sp³-hybridized carbons (Fsp3) is 0.300. The van der Waals surface area contributed by atoms with Crippen LogP contribution in [0.3, 0.4) is 0 Å². The summed E-state index contributed by atoms with van der Waals surface area (Å²) in [6, 6.07) is 21.0. The lowest BCUT2D eigenvalue weighted by Crippen LogP contribution is -2.36. The Hall–Kier alpha value is -3.75. The molecule has 2 atom stereocenters. The number of morpholine rings is 1. The zero-order valence-corrected chi connectivity index (χ0v) is 22.8. The van der Waals surface area contributed by atoms with Crippen LogP contribution in [0.1, 0.15) is 40.3 Å². The fourth-order valence-electron chi connectivity index (χ4n) is 5.68. The van der Waals surface area contributed by atoms with Crippen LogP contribution >= 0.6 is 12.2 Å². The summed E-state index contributed by atoms with van der Waals surface area (Å²) in [7, 11) is 0. The maximum Gasteiger partial charge on any atom is 0.174 e. The Morgan fingerprint density at radius 2 is 1.66 bits per heavy atom. The highest BCUT2D eigenvalue weighted by molar-refractivity contribution is 7.80. The number of aromatic nitrogens is 3. The normalized spacial score (nSPS) is 19.6. The molecule has 4 aromatic rings. The molecule has 2 aliphatic rings. The van der Waals surface area contributed by atoms with Crippen LogP contribution in [0, 0.1) is 20.8 Å². The van der Waals surface area contributed by atoms with Crippen LogP contribution in [0.25, 0.3) is 5.82 Å². The standard InChI is InChI=1S/C30H32N6OS/c1-20-11-13-32-27(18-20)35-21(2)19-25(22(35)3)29-28(26-6-4-5-12-31-26)33-30(38)36(29)24-9-7-23(8-10-24)34-14-16-37-17-15-34/h4-13,18-19,28-29H,14-17H2,1-3H3,(H,33,38). The van der Waals surface area contributed by atoms with Crippen LogP contribution in [0.5, 0.6) is 0 Å². The van der Waals surface area contributed by atoms with Gasteiger partial charge in [0.05, 0.1) is 31.0 Å². The topological polar surface area (TPSA) is 58.5 Å². The molecule has 5 heterocycles. The van der Waals surface area contributed by atoms with E-state index < -0.39 is 0 Å². The quantitative estimate of drug-likeness (QED) is 0.360. The number of rotatable bonds is 5. The molecule has 0 bridgehead atoms. The molecule has 0 radical (unpaired) electrons. The predicted octanol–water partition coefficient (Wildman–Crippen LogP) is 5.21. The van der Waals surface area contributed by atoms with Gasteiger partial charge in [-0.2, -0.15) is 0 Å². The van der Waals surface area contributed by atoms with E-state index in [1.165, 1.54) is 16.8 Å². The molecule has 1 aromatic carbocycles. The molecule has 0 spiro atoms. The van der Waals surface area contributed by atoms with E-state index in [1.807, 2.05) is 30.6 Å². The zero-order chi connectivity index (χ0) is 26.2. The molecule has 3 aromatic heterocycles. The first kappa shape index (κ1) is 24.6. The molecule has 0 saturated carbocycles. The number of nitrogens with one attached hydrogen (secondary N) is 1. The second-order valence-electron chi connectivity index (χ2n) is 9.97. The highest BCUT2D eigenvalue weighted by atomic mass is 32.1. The van der Waals surface area contributed by atoms with Crippen LogP contribution in [0.4, 0.5) is 11.4 Å². The van der Waals surface area contributed by atoms with Crippen molar-refractivity contribution < 1.29 is 4.74 Å². The lowest BCUT2D eigenvalue weighted by molar-refractivity contribution is 0.122. The van der Waals surface area contributed by atoms with E-state index in [4.69, 9.17) is 21.9 Å². The van der Waals surface area contributed by atoms with Crippen LogP contribution in [0.15, 0.2) is 73.1 Å². The first-order chi connectivity index (χ1) is 18.5. The van der Waals surface area contributed by atoms with Crippen LogP contribution in [-0.2, 0) is 4.74 Å². The summed E-state index contributed by atoms with van der Waals surface area (Å²) in [5.74, 6) is 0.926. The number of hydrogen-bond donors (Lipinski definition) is 1. The summed E-state index contributed by atoms with van der Waals surface area (Å²) in [5, 5.41) is 4.29. The molecule has 1 N–H and O–H groups in total. The van der Waals surface area contributed by atoms with Crippen molar-refractivity contribution in [1.29, 1.82) is 0 Å². The number of hydrogen-bond acceptors (Lipinski definition) is 5. The molecule has 2 fully saturated rings. The lowest BCUT2D eigenvalue weighted by atomic mass is 9.96. The summed E-state index contributed by atoms with van der Waals surface area (Å²) in [6.45, 7) is 9.75. The molecule has 7 nitrogen and oxygen atoms in total. The van der Waals surface area contributed by atoms with Gasteiger partial charge in [0.15, 0.2) is 5.11 Å². The Morgan fingerprint density at radius 3 is 2.37 bits per heavy atom. The molecule has 0 amide bonds. The number of aryl methyl sites for hydroxylation is 2. The summed E-state index contributed by atoms with van der Waals surface area (Å²) in [4.78, 5) is 14.0. The summed E-state index contributed by atoms with van der Waals surface area (Å²) < 4.78 is 7.77. The van der Waals surface area contributed by atoms with E-state index in [9.17, 15) is 0 Å². The predicted molar refractivity (Wildman–Crippen MR) is 155 cm³/mol. The van der Waals surface area contributed by atoms with Crippen molar-refractivity contribution in [2.45, 2.75) is 32.9 Å². The number of ether oxygens (including phenoxy) is 1. The molecule has 6 rings (SSSR count). The average Bonchev–Trinajstić information content (AvgIpc) is 3.44. The van der Waals surface area contributed by atoms with Crippen molar-refractivity contribution in [1.82, 2.24) is 19.9 Å². The highest BCUT2D eigenvalue weighted by Gasteiger charge is 2.42. The second-order valence-corrected chi connectivity index (χ2v) is 10.4. The molecule has 194 valence electrons. The number of thiocarbonyl (C=S) groups is 1. The van der Waals surface area contributed by atoms with Crippen molar-refractivity contribution in [2.24, 2.45) is 0 Å². The van der Waals surface area contributed by atoms with Gasteiger partial charge < -0.3 is 24.4 Å². The van der Waals surface area contributed by atoms with Gasteiger partial charge in [-0.3, -0.25) is 4.98 Å². The van der Waals surface area contributed by atoms with Gasteiger partial charge in [-0.05, 0) is 98.7 Å². The largest absolute Gasteiger partial charge is 0.378 e. The second kappa shape index (κ2) is 10.2. The monoisotopic (exact) mass is 524 g/mol. The Labute approximate surface area is 229 Å². The van der Waals surface area contributed by atoms with Crippen LogP contribution in [0.2, 0.25) is 0 Å². The highest BCUT2D eigenvalue weighted by Crippen LogP contribution is 2.44. The molecule has 38 heavy (non-hydrogen) atoms. The summed E-state index contributed by atoms with van der Waals surface area (Å²) in [6.07, 6.45) is 3.71. The molecular formula is C30H32N6OS. The first-order valence-electron chi connectivity index (χ1n) is 13.1. The van der Waals surface area contributed by atoms with E-state index in [0.29, 0.717) is 5.11 Å². The minimum absolute atomic E-state index is 0.0728. The Bertz CT molecular complexity index is 1450. The minimum Gasteiger partial charge on any atom is -0.378 e. The van der Waals surface area contributed by atoms with Gasteiger partial charge in [0.25, 0.3) is 0 Å². The van der Waals surface area contributed by atoms with Gasteiger partial charge in [0.2, 0.25) is 0 Å². The van der Waals surface area contributed by atoms with Gasteiger partial charge in [0.1, 0.15) is 5.82 Å². The van der Waals surface area contributed by atoms with Crippen molar-refractivity contribution in [3.05, 3.63) is 101 Å². The lowest BCUT2D eigenvalue weighted by Gasteiger charge is -2.31. The third-order valence-corrected chi connectivity index (χ3v) is 7.84. The van der Waals surface area contributed by atoms with Gasteiger partial charge in [-0.15, -0.1) is 0 Å². The van der Waals surface area contributed by atoms with E-state index in [-0.39, 0.29) is 12.1 Å². The van der Waals surface area contributed by atoms with Crippen molar-refractivity contribution in [2.75, 3.05) is 36.1 Å². The van der Waals surface area contributed by atoms with Crippen molar-refractivity contribution >= 4 is 28.7 Å². The number of anilines is 2. The molecule has 2 aliphatic heterocycles. The molecule has 2 saturated heterocycles. The molecule has 2 unspecified atom stereocenters. The van der Waals surface area contributed by atoms with E-state index in [0.717, 1.165) is 54.9 Å². The van der Waals surface area contributed by atoms with Crippen molar-refractivity contribution in [3.8, 4) is 5.82 Å². The number of pyridine rings is 2.